The van der Waals surface area contributed by atoms with Crippen LogP contribution in [0.1, 0.15) is 22.8 Å². The van der Waals surface area contributed by atoms with Crippen LogP contribution in [0.5, 0.6) is 5.75 Å². The number of Topliss-reactive ketones (excluding diaryl/α,β-unsaturated/α-hetero) is 1. The maximum atomic E-state index is 13.4. The summed E-state index contributed by atoms with van der Waals surface area (Å²) in [6.45, 7) is 1.41. The number of ketones is 1. The van der Waals surface area contributed by atoms with Crippen molar-refractivity contribution in [1.82, 2.24) is 5.32 Å². The molecule has 4 nitrogen and oxygen atoms in total. The van der Waals surface area contributed by atoms with E-state index in [0.717, 1.165) is 0 Å². The molecule has 0 heterocycles. The first-order chi connectivity index (χ1) is 10.6. The van der Waals surface area contributed by atoms with Crippen LogP contribution < -0.4 is 10.1 Å². The van der Waals surface area contributed by atoms with Crippen molar-refractivity contribution in [3.05, 3.63) is 65.5 Å². The van der Waals surface area contributed by atoms with E-state index in [-0.39, 0.29) is 30.7 Å². The Hall–Kier alpha value is -2.69. The van der Waals surface area contributed by atoms with Gasteiger partial charge < -0.3 is 10.1 Å². The van der Waals surface area contributed by atoms with Gasteiger partial charge in [-0.25, -0.2) is 4.39 Å². The van der Waals surface area contributed by atoms with Crippen molar-refractivity contribution in [2.45, 2.75) is 13.5 Å². The molecule has 22 heavy (non-hydrogen) atoms. The Kier molecular flexibility index (Phi) is 5.25. The van der Waals surface area contributed by atoms with E-state index in [4.69, 9.17) is 4.74 Å². The summed E-state index contributed by atoms with van der Waals surface area (Å²) < 4.78 is 18.7. The molecule has 0 aliphatic heterocycles. The molecule has 0 saturated carbocycles. The summed E-state index contributed by atoms with van der Waals surface area (Å²) in [5.41, 5.74) is 0.998. The molecular formula is C17H16FNO3. The van der Waals surface area contributed by atoms with Gasteiger partial charge in [0.25, 0.3) is 5.91 Å². The summed E-state index contributed by atoms with van der Waals surface area (Å²) in [6.07, 6.45) is 0. The number of amides is 1. The van der Waals surface area contributed by atoms with Gasteiger partial charge >= 0.3 is 0 Å². The largest absolute Gasteiger partial charge is 0.484 e. The van der Waals surface area contributed by atoms with E-state index in [2.05, 4.69) is 5.32 Å². The maximum Gasteiger partial charge on any atom is 0.258 e. The Morgan fingerprint density at radius 1 is 1.09 bits per heavy atom. The van der Waals surface area contributed by atoms with Gasteiger partial charge in [0.05, 0.1) is 0 Å². The molecule has 0 saturated heterocycles. The van der Waals surface area contributed by atoms with E-state index < -0.39 is 0 Å². The van der Waals surface area contributed by atoms with E-state index in [1.165, 1.54) is 13.0 Å². The van der Waals surface area contributed by atoms with Crippen LogP contribution in [0, 0.1) is 5.82 Å². The molecule has 2 aromatic carbocycles. The minimum absolute atomic E-state index is 0.0332. The van der Waals surface area contributed by atoms with Gasteiger partial charge in [-0.05, 0) is 37.3 Å². The molecule has 0 aromatic heterocycles. The lowest BCUT2D eigenvalue weighted by Gasteiger charge is -2.08. The molecule has 0 aliphatic rings. The van der Waals surface area contributed by atoms with Crippen LogP contribution in [0.4, 0.5) is 4.39 Å². The molecule has 1 N–H and O–H groups in total. The molecule has 5 heteroatoms. The van der Waals surface area contributed by atoms with Gasteiger partial charge in [0.1, 0.15) is 11.6 Å². The van der Waals surface area contributed by atoms with E-state index >= 15 is 0 Å². The van der Waals surface area contributed by atoms with Crippen molar-refractivity contribution in [2.75, 3.05) is 6.61 Å². The third kappa shape index (κ3) is 4.41. The van der Waals surface area contributed by atoms with Crippen LogP contribution >= 0.6 is 0 Å². The Balaban J connectivity index is 1.80. The SMILES string of the molecule is CC(=O)c1ccc(OCC(=O)NCc2ccccc2F)cc1. The van der Waals surface area contributed by atoms with Gasteiger partial charge in [-0.1, -0.05) is 18.2 Å². The molecule has 0 spiro atoms. The minimum Gasteiger partial charge on any atom is -0.484 e. The number of halogens is 1. The summed E-state index contributed by atoms with van der Waals surface area (Å²) >= 11 is 0. The van der Waals surface area contributed by atoms with E-state index in [9.17, 15) is 14.0 Å². The minimum atomic E-state index is -0.358. The van der Waals surface area contributed by atoms with Crippen molar-refractivity contribution in [3.63, 3.8) is 0 Å². The first kappa shape index (κ1) is 15.7. The highest BCUT2D eigenvalue weighted by Crippen LogP contribution is 2.12. The summed E-state index contributed by atoms with van der Waals surface area (Å²) in [6, 6.07) is 12.8. The molecule has 1 amide bonds. The summed E-state index contributed by atoms with van der Waals surface area (Å²) in [5.74, 6) is -0.248. The van der Waals surface area contributed by atoms with Crippen LogP contribution in [0.2, 0.25) is 0 Å². The second-order valence-corrected chi connectivity index (χ2v) is 4.74. The second kappa shape index (κ2) is 7.36. The molecule has 2 rings (SSSR count). The van der Waals surface area contributed by atoms with Gasteiger partial charge in [0, 0.05) is 17.7 Å². The van der Waals surface area contributed by atoms with Crippen LogP contribution in [-0.2, 0) is 11.3 Å². The Bertz CT molecular complexity index is 668. The van der Waals surface area contributed by atoms with Crippen molar-refractivity contribution in [3.8, 4) is 5.75 Å². The fourth-order valence-corrected chi connectivity index (χ4v) is 1.82. The average Bonchev–Trinajstić information content (AvgIpc) is 2.52. The summed E-state index contributed by atoms with van der Waals surface area (Å²) in [7, 11) is 0. The molecule has 2 aromatic rings. The number of rotatable bonds is 6. The van der Waals surface area contributed by atoms with E-state index in [1.54, 1.807) is 42.5 Å². The third-order valence-corrected chi connectivity index (χ3v) is 3.06. The van der Waals surface area contributed by atoms with Crippen molar-refractivity contribution in [2.24, 2.45) is 0 Å². The number of hydrogen-bond acceptors (Lipinski definition) is 3. The number of nitrogens with one attached hydrogen (secondary N) is 1. The number of ether oxygens (including phenoxy) is 1. The second-order valence-electron chi connectivity index (χ2n) is 4.74. The summed E-state index contributed by atoms with van der Waals surface area (Å²) in [4.78, 5) is 22.8. The predicted octanol–water partition coefficient (Wildman–Crippen LogP) is 2.72. The molecule has 0 bridgehead atoms. The number of benzene rings is 2. The highest BCUT2D eigenvalue weighted by atomic mass is 19.1. The van der Waals surface area contributed by atoms with Gasteiger partial charge in [-0.3, -0.25) is 9.59 Å². The lowest BCUT2D eigenvalue weighted by atomic mass is 10.1. The van der Waals surface area contributed by atoms with Crippen molar-refractivity contribution < 1.29 is 18.7 Å². The zero-order chi connectivity index (χ0) is 15.9. The van der Waals surface area contributed by atoms with Crippen LogP contribution in [0.3, 0.4) is 0 Å². The molecule has 0 unspecified atom stereocenters. The first-order valence-corrected chi connectivity index (χ1v) is 6.80. The Morgan fingerprint density at radius 3 is 2.41 bits per heavy atom. The van der Waals surface area contributed by atoms with Crippen LogP contribution in [0.25, 0.3) is 0 Å². The van der Waals surface area contributed by atoms with Gasteiger partial charge in [-0.2, -0.15) is 0 Å². The zero-order valence-corrected chi connectivity index (χ0v) is 12.1. The predicted molar refractivity (Wildman–Crippen MR) is 80.2 cm³/mol. The molecular weight excluding hydrogens is 285 g/mol. The van der Waals surface area contributed by atoms with E-state index in [1.807, 2.05) is 0 Å². The van der Waals surface area contributed by atoms with Crippen molar-refractivity contribution in [1.29, 1.82) is 0 Å². The number of carbonyl (C=O) groups is 2. The zero-order valence-electron chi connectivity index (χ0n) is 12.1. The Morgan fingerprint density at radius 2 is 1.77 bits per heavy atom. The Labute approximate surface area is 127 Å². The van der Waals surface area contributed by atoms with Gasteiger partial charge in [-0.15, -0.1) is 0 Å². The lowest BCUT2D eigenvalue weighted by molar-refractivity contribution is -0.123. The number of carbonyl (C=O) groups excluding carboxylic acids is 2. The topological polar surface area (TPSA) is 55.4 Å². The normalized spacial score (nSPS) is 10.1. The fourth-order valence-electron chi connectivity index (χ4n) is 1.82. The molecule has 0 aliphatic carbocycles. The molecule has 0 fully saturated rings. The molecule has 0 radical (unpaired) electrons. The van der Waals surface area contributed by atoms with Gasteiger partial charge in [0.2, 0.25) is 0 Å². The maximum absolute atomic E-state index is 13.4. The third-order valence-electron chi connectivity index (χ3n) is 3.06. The van der Waals surface area contributed by atoms with E-state index in [0.29, 0.717) is 16.9 Å². The van der Waals surface area contributed by atoms with Crippen LogP contribution in [-0.4, -0.2) is 18.3 Å². The number of hydrogen-bond donors (Lipinski definition) is 1. The fraction of sp³-hybridized carbons (Fsp3) is 0.176. The molecule has 0 atom stereocenters. The monoisotopic (exact) mass is 301 g/mol. The lowest BCUT2D eigenvalue weighted by Crippen LogP contribution is -2.28. The average molecular weight is 301 g/mol. The summed E-state index contributed by atoms with van der Waals surface area (Å²) in [5, 5.41) is 2.58. The highest BCUT2D eigenvalue weighted by Gasteiger charge is 2.06. The molecule has 114 valence electrons. The standard InChI is InChI=1S/C17H16FNO3/c1-12(20)13-6-8-15(9-7-13)22-11-17(21)19-10-14-4-2-3-5-16(14)18/h2-9H,10-11H2,1H3,(H,19,21). The highest BCUT2D eigenvalue weighted by molar-refractivity contribution is 5.94. The quantitative estimate of drug-likeness (QED) is 0.835. The van der Waals surface area contributed by atoms with Gasteiger partial charge in [0.15, 0.2) is 12.4 Å². The smallest absolute Gasteiger partial charge is 0.258 e. The van der Waals surface area contributed by atoms with Crippen LogP contribution in [0.15, 0.2) is 48.5 Å². The van der Waals surface area contributed by atoms with Crippen molar-refractivity contribution >= 4 is 11.7 Å². The first-order valence-electron chi connectivity index (χ1n) is 6.80.